The normalized spacial score (nSPS) is 15.2. The van der Waals surface area contributed by atoms with Gasteiger partial charge >= 0.3 is 12.1 Å². The van der Waals surface area contributed by atoms with Gasteiger partial charge in [0.25, 0.3) is 0 Å². The van der Waals surface area contributed by atoms with Crippen LogP contribution in [-0.2, 0) is 4.79 Å². The summed E-state index contributed by atoms with van der Waals surface area (Å²) in [6.07, 6.45) is -4.29. The predicted octanol–water partition coefficient (Wildman–Crippen LogP) is 3.62. The van der Waals surface area contributed by atoms with Crippen LogP contribution in [0.2, 0.25) is 5.02 Å². The van der Waals surface area contributed by atoms with Crippen molar-refractivity contribution in [2.24, 2.45) is 0 Å². The van der Waals surface area contributed by atoms with Crippen LogP contribution in [0, 0.1) is 0 Å². The highest BCUT2D eigenvalue weighted by atomic mass is 35.5. The first-order valence-electron chi connectivity index (χ1n) is 7.75. The van der Waals surface area contributed by atoms with Crippen LogP contribution in [0.4, 0.5) is 18.9 Å². The Morgan fingerprint density at radius 3 is 2.38 bits per heavy atom. The number of halogens is 4. The summed E-state index contributed by atoms with van der Waals surface area (Å²) in [7, 11) is 0. The number of carbonyl (C=O) groups excluding carboxylic acids is 2. The Balaban J connectivity index is 1.83. The van der Waals surface area contributed by atoms with Gasteiger partial charge < -0.3 is 14.2 Å². The lowest BCUT2D eigenvalue weighted by Crippen LogP contribution is -2.52. The maximum Gasteiger partial charge on any atom is 0.471 e. The molecule has 3 rings (SSSR count). The Morgan fingerprint density at radius 2 is 1.81 bits per heavy atom. The Hall–Kier alpha value is -2.48. The number of carbonyl (C=O) groups is 2. The van der Waals surface area contributed by atoms with Crippen molar-refractivity contribution in [3.05, 3.63) is 41.1 Å². The van der Waals surface area contributed by atoms with E-state index in [9.17, 15) is 22.8 Å². The van der Waals surface area contributed by atoms with Crippen molar-refractivity contribution in [3.63, 3.8) is 0 Å². The molecule has 1 aliphatic heterocycles. The van der Waals surface area contributed by atoms with Crippen molar-refractivity contribution in [3.8, 4) is 11.3 Å². The van der Waals surface area contributed by atoms with E-state index in [1.165, 1.54) is 6.07 Å². The van der Waals surface area contributed by atoms with E-state index in [1.807, 2.05) is 4.90 Å². The monoisotopic (exact) mass is 386 g/mol. The molecule has 1 amide bonds. The molecule has 0 unspecified atom stereocenters. The Morgan fingerprint density at radius 1 is 1.12 bits per heavy atom. The van der Waals surface area contributed by atoms with Gasteiger partial charge in [-0.1, -0.05) is 11.6 Å². The third-order valence-corrected chi connectivity index (χ3v) is 4.35. The quantitative estimate of drug-likeness (QED) is 0.756. The molecular formula is C17H14ClF3N2O3. The molecule has 1 aromatic carbocycles. The zero-order valence-corrected chi connectivity index (χ0v) is 14.2. The molecule has 26 heavy (non-hydrogen) atoms. The standard InChI is InChI=1S/C17H14ClF3N2O3/c18-11-1-3-14(13(9-11)15-4-2-12(10-24)26-15)22-5-7-23(8-6-22)16(25)17(19,20)21/h1-4,9-10H,5-8H2. The molecule has 1 fully saturated rings. The van der Waals surface area contributed by atoms with Crippen molar-refractivity contribution < 1.29 is 27.2 Å². The van der Waals surface area contributed by atoms with Gasteiger partial charge in [0.15, 0.2) is 12.0 Å². The fourth-order valence-electron chi connectivity index (χ4n) is 2.87. The van der Waals surface area contributed by atoms with E-state index in [2.05, 4.69) is 0 Å². The second kappa shape index (κ2) is 7.03. The highest BCUT2D eigenvalue weighted by Crippen LogP contribution is 2.35. The molecule has 0 N–H and O–H groups in total. The van der Waals surface area contributed by atoms with Gasteiger partial charge in [0.1, 0.15) is 5.76 Å². The second-order valence-electron chi connectivity index (χ2n) is 5.76. The first-order chi connectivity index (χ1) is 12.3. The number of alkyl halides is 3. The molecule has 138 valence electrons. The molecular weight excluding hydrogens is 373 g/mol. The molecule has 0 bridgehead atoms. The van der Waals surface area contributed by atoms with Gasteiger partial charge in [0, 0.05) is 42.5 Å². The average molecular weight is 387 g/mol. The summed E-state index contributed by atoms with van der Waals surface area (Å²) < 4.78 is 43.1. The molecule has 0 aliphatic carbocycles. The van der Waals surface area contributed by atoms with E-state index in [0.717, 1.165) is 4.90 Å². The van der Waals surface area contributed by atoms with E-state index < -0.39 is 12.1 Å². The predicted molar refractivity (Wildman–Crippen MR) is 89.4 cm³/mol. The third kappa shape index (κ3) is 3.70. The van der Waals surface area contributed by atoms with E-state index in [-0.39, 0.29) is 31.9 Å². The van der Waals surface area contributed by atoms with Crippen molar-refractivity contribution in [1.29, 1.82) is 0 Å². The minimum atomic E-state index is -4.87. The summed E-state index contributed by atoms with van der Waals surface area (Å²) in [6.45, 7) is 0.381. The van der Waals surface area contributed by atoms with Crippen LogP contribution >= 0.6 is 11.6 Å². The van der Waals surface area contributed by atoms with Gasteiger partial charge in [0.2, 0.25) is 0 Å². The summed E-state index contributed by atoms with van der Waals surface area (Å²) in [5.74, 6) is -1.24. The maximum absolute atomic E-state index is 12.6. The van der Waals surface area contributed by atoms with Crippen LogP contribution < -0.4 is 4.90 Å². The molecule has 0 spiro atoms. The topological polar surface area (TPSA) is 53.8 Å². The number of piperazine rings is 1. The van der Waals surface area contributed by atoms with Crippen LogP contribution in [0.1, 0.15) is 10.6 Å². The lowest BCUT2D eigenvalue weighted by atomic mass is 10.1. The van der Waals surface area contributed by atoms with Crippen molar-refractivity contribution in [2.75, 3.05) is 31.1 Å². The van der Waals surface area contributed by atoms with Gasteiger partial charge in [-0.15, -0.1) is 0 Å². The van der Waals surface area contributed by atoms with Crippen LogP contribution in [0.3, 0.4) is 0 Å². The molecule has 0 saturated carbocycles. The minimum Gasteiger partial charge on any atom is -0.453 e. The smallest absolute Gasteiger partial charge is 0.453 e. The Bertz CT molecular complexity index is 827. The highest BCUT2D eigenvalue weighted by molar-refractivity contribution is 6.31. The minimum absolute atomic E-state index is 0.0435. The fourth-order valence-corrected chi connectivity index (χ4v) is 3.04. The van der Waals surface area contributed by atoms with Gasteiger partial charge in [0.05, 0.1) is 0 Å². The molecule has 1 saturated heterocycles. The molecule has 0 radical (unpaired) electrons. The van der Waals surface area contributed by atoms with Gasteiger partial charge in [-0.25, -0.2) is 0 Å². The molecule has 1 aliphatic rings. The molecule has 5 nitrogen and oxygen atoms in total. The molecule has 0 atom stereocenters. The van der Waals surface area contributed by atoms with Gasteiger partial charge in [-0.05, 0) is 30.3 Å². The number of hydrogen-bond donors (Lipinski definition) is 0. The summed E-state index contributed by atoms with van der Waals surface area (Å²) in [4.78, 5) is 24.8. The van der Waals surface area contributed by atoms with E-state index in [1.54, 1.807) is 24.3 Å². The SMILES string of the molecule is O=Cc1ccc(-c2cc(Cl)ccc2N2CCN(C(=O)C(F)(F)F)CC2)o1. The van der Waals surface area contributed by atoms with Crippen LogP contribution in [0.25, 0.3) is 11.3 Å². The van der Waals surface area contributed by atoms with Crippen LogP contribution in [0.5, 0.6) is 0 Å². The first kappa shape index (κ1) is 18.3. The molecule has 1 aromatic heterocycles. The van der Waals surface area contributed by atoms with Crippen LogP contribution in [-0.4, -0.2) is 49.4 Å². The summed E-state index contributed by atoms with van der Waals surface area (Å²) >= 11 is 6.05. The molecule has 2 aromatic rings. The largest absolute Gasteiger partial charge is 0.471 e. The zero-order chi connectivity index (χ0) is 18.9. The lowest BCUT2D eigenvalue weighted by molar-refractivity contribution is -0.185. The molecule has 9 heteroatoms. The van der Waals surface area contributed by atoms with Crippen LogP contribution in [0.15, 0.2) is 34.7 Å². The number of anilines is 1. The first-order valence-corrected chi connectivity index (χ1v) is 8.13. The number of aldehydes is 1. The average Bonchev–Trinajstić information content (AvgIpc) is 3.09. The Kier molecular flexibility index (Phi) is 4.95. The van der Waals surface area contributed by atoms with Crippen molar-refractivity contribution >= 4 is 29.5 Å². The second-order valence-corrected chi connectivity index (χ2v) is 6.19. The van der Waals surface area contributed by atoms with E-state index >= 15 is 0 Å². The fraction of sp³-hybridized carbons (Fsp3) is 0.294. The maximum atomic E-state index is 12.6. The summed E-state index contributed by atoms with van der Waals surface area (Å²) in [6, 6.07) is 8.21. The van der Waals surface area contributed by atoms with Crippen molar-refractivity contribution in [1.82, 2.24) is 4.90 Å². The zero-order valence-electron chi connectivity index (χ0n) is 13.4. The third-order valence-electron chi connectivity index (χ3n) is 4.12. The number of amides is 1. The highest BCUT2D eigenvalue weighted by Gasteiger charge is 2.43. The number of hydrogen-bond acceptors (Lipinski definition) is 4. The number of nitrogens with zero attached hydrogens (tertiary/aromatic N) is 2. The lowest BCUT2D eigenvalue weighted by Gasteiger charge is -2.37. The Labute approximate surface area is 151 Å². The molecule has 2 heterocycles. The van der Waals surface area contributed by atoms with Gasteiger partial charge in [-0.2, -0.15) is 13.2 Å². The van der Waals surface area contributed by atoms with E-state index in [4.69, 9.17) is 16.0 Å². The summed E-state index contributed by atoms with van der Waals surface area (Å²) in [5.41, 5.74) is 1.33. The van der Waals surface area contributed by atoms with Gasteiger partial charge in [-0.3, -0.25) is 9.59 Å². The number of benzene rings is 1. The van der Waals surface area contributed by atoms with E-state index in [0.29, 0.717) is 28.3 Å². The number of rotatable bonds is 3. The summed E-state index contributed by atoms with van der Waals surface area (Å²) in [5, 5.41) is 0.457. The van der Waals surface area contributed by atoms with Crippen molar-refractivity contribution in [2.45, 2.75) is 6.18 Å². The number of furan rings is 1.